The molecule has 1 fully saturated rings. The van der Waals surface area contributed by atoms with Crippen LogP contribution in [0.4, 0.5) is 0 Å². The van der Waals surface area contributed by atoms with Crippen LogP contribution in [0.2, 0.25) is 0 Å². The van der Waals surface area contributed by atoms with E-state index < -0.39 is 6.10 Å². The van der Waals surface area contributed by atoms with Crippen LogP contribution in [-0.2, 0) is 0 Å². The highest BCUT2D eigenvalue weighted by Gasteiger charge is 2.26. The standard InChI is InChI=1S/C18H29NO/c1-5-16(19-15-8-6-7-9-15)18(20)17-13(3)10-12(2)11-14(17)4/h10-11,15-16,18-20H,5-9H2,1-4H3. The number of rotatable bonds is 5. The van der Waals surface area contributed by atoms with Crippen molar-refractivity contribution in [2.75, 3.05) is 0 Å². The highest BCUT2D eigenvalue weighted by Crippen LogP contribution is 2.28. The van der Waals surface area contributed by atoms with Gasteiger partial charge < -0.3 is 10.4 Å². The normalized spacial score (nSPS) is 19.2. The Morgan fingerprint density at radius 3 is 2.20 bits per heavy atom. The Morgan fingerprint density at radius 2 is 1.70 bits per heavy atom. The van der Waals surface area contributed by atoms with Crippen LogP contribution in [0, 0.1) is 20.8 Å². The third-order valence-electron chi connectivity index (χ3n) is 4.66. The van der Waals surface area contributed by atoms with Gasteiger partial charge in [-0.2, -0.15) is 0 Å². The van der Waals surface area contributed by atoms with Crippen molar-refractivity contribution in [1.82, 2.24) is 5.32 Å². The molecule has 2 atom stereocenters. The first kappa shape index (κ1) is 15.5. The quantitative estimate of drug-likeness (QED) is 0.852. The maximum absolute atomic E-state index is 10.8. The van der Waals surface area contributed by atoms with Crippen molar-refractivity contribution in [2.24, 2.45) is 0 Å². The van der Waals surface area contributed by atoms with Crippen molar-refractivity contribution in [2.45, 2.75) is 78.0 Å². The first-order valence-electron chi connectivity index (χ1n) is 8.04. The van der Waals surface area contributed by atoms with Gasteiger partial charge in [0.25, 0.3) is 0 Å². The van der Waals surface area contributed by atoms with Crippen LogP contribution in [0.3, 0.4) is 0 Å². The monoisotopic (exact) mass is 275 g/mol. The molecule has 0 radical (unpaired) electrons. The summed E-state index contributed by atoms with van der Waals surface area (Å²) in [6.45, 7) is 8.50. The van der Waals surface area contributed by atoms with Crippen LogP contribution in [0.5, 0.6) is 0 Å². The number of aliphatic hydroxyl groups is 1. The second-order valence-electron chi connectivity index (χ2n) is 6.42. The molecule has 1 aromatic carbocycles. The third-order valence-corrected chi connectivity index (χ3v) is 4.66. The van der Waals surface area contributed by atoms with Crippen LogP contribution in [0.25, 0.3) is 0 Å². The van der Waals surface area contributed by atoms with Crippen molar-refractivity contribution < 1.29 is 5.11 Å². The Hall–Kier alpha value is -0.860. The van der Waals surface area contributed by atoms with Crippen molar-refractivity contribution in [1.29, 1.82) is 0 Å². The average Bonchev–Trinajstić information content (AvgIpc) is 2.87. The summed E-state index contributed by atoms with van der Waals surface area (Å²) in [5.41, 5.74) is 4.81. The van der Waals surface area contributed by atoms with Gasteiger partial charge in [0, 0.05) is 12.1 Å². The second kappa shape index (κ2) is 6.73. The van der Waals surface area contributed by atoms with Gasteiger partial charge in [0.15, 0.2) is 0 Å². The lowest BCUT2D eigenvalue weighted by Crippen LogP contribution is -2.40. The van der Waals surface area contributed by atoms with Gasteiger partial charge in [-0.05, 0) is 56.7 Å². The zero-order valence-corrected chi connectivity index (χ0v) is 13.4. The summed E-state index contributed by atoms with van der Waals surface area (Å²) in [7, 11) is 0. The highest BCUT2D eigenvalue weighted by atomic mass is 16.3. The van der Waals surface area contributed by atoms with Gasteiger partial charge >= 0.3 is 0 Å². The molecule has 0 spiro atoms. The van der Waals surface area contributed by atoms with Gasteiger partial charge in [0.05, 0.1) is 6.10 Å². The predicted octanol–water partition coefficient (Wildman–Crippen LogP) is 3.96. The Morgan fingerprint density at radius 1 is 1.15 bits per heavy atom. The first-order valence-corrected chi connectivity index (χ1v) is 8.04. The van der Waals surface area contributed by atoms with Crippen LogP contribution >= 0.6 is 0 Å². The SMILES string of the molecule is CCC(NC1CCCC1)C(O)c1c(C)cc(C)cc1C. The van der Waals surface area contributed by atoms with Gasteiger partial charge in [-0.3, -0.25) is 0 Å². The second-order valence-corrected chi connectivity index (χ2v) is 6.42. The summed E-state index contributed by atoms with van der Waals surface area (Å²) in [5, 5.41) is 14.5. The van der Waals surface area contributed by atoms with E-state index in [0.29, 0.717) is 6.04 Å². The van der Waals surface area contributed by atoms with Gasteiger partial charge in [-0.1, -0.05) is 37.5 Å². The summed E-state index contributed by atoms with van der Waals surface area (Å²) < 4.78 is 0. The minimum absolute atomic E-state index is 0.165. The van der Waals surface area contributed by atoms with E-state index in [1.807, 2.05) is 0 Å². The fraction of sp³-hybridized carbons (Fsp3) is 0.667. The summed E-state index contributed by atoms with van der Waals surface area (Å²) in [6.07, 6.45) is 5.73. The van der Waals surface area contributed by atoms with Gasteiger partial charge in [0.1, 0.15) is 0 Å². The molecule has 1 aliphatic rings. The van der Waals surface area contributed by atoms with Crippen molar-refractivity contribution in [3.8, 4) is 0 Å². The van der Waals surface area contributed by atoms with Crippen LogP contribution in [0.15, 0.2) is 12.1 Å². The lowest BCUT2D eigenvalue weighted by atomic mass is 9.90. The Kier molecular flexibility index (Phi) is 5.22. The van der Waals surface area contributed by atoms with Gasteiger partial charge in [0.2, 0.25) is 0 Å². The van der Waals surface area contributed by atoms with E-state index in [4.69, 9.17) is 0 Å². The lowest BCUT2D eigenvalue weighted by molar-refractivity contribution is 0.118. The van der Waals surface area contributed by atoms with Crippen LogP contribution < -0.4 is 5.32 Å². The Bertz CT molecular complexity index is 426. The summed E-state index contributed by atoms with van der Waals surface area (Å²) in [5.74, 6) is 0. The average molecular weight is 275 g/mol. The molecule has 0 aromatic heterocycles. The molecular formula is C18H29NO. The molecule has 20 heavy (non-hydrogen) atoms. The largest absolute Gasteiger partial charge is 0.387 e. The number of aryl methyl sites for hydroxylation is 3. The zero-order chi connectivity index (χ0) is 14.7. The van der Waals surface area contributed by atoms with E-state index in [-0.39, 0.29) is 6.04 Å². The summed E-state index contributed by atoms with van der Waals surface area (Å²) in [4.78, 5) is 0. The van der Waals surface area contributed by atoms with Crippen molar-refractivity contribution in [3.05, 3.63) is 34.4 Å². The van der Waals surface area contributed by atoms with E-state index >= 15 is 0 Å². The number of hydrogen-bond donors (Lipinski definition) is 2. The number of hydrogen-bond acceptors (Lipinski definition) is 2. The smallest absolute Gasteiger partial charge is 0.0948 e. The van der Waals surface area contributed by atoms with E-state index in [2.05, 4.69) is 45.1 Å². The van der Waals surface area contributed by atoms with E-state index in [9.17, 15) is 5.11 Å². The maximum atomic E-state index is 10.8. The first-order chi connectivity index (χ1) is 9.52. The highest BCUT2D eigenvalue weighted by molar-refractivity contribution is 5.39. The van der Waals surface area contributed by atoms with Crippen molar-refractivity contribution in [3.63, 3.8) is 0 Å². The molecule has 2 N–H and O–H groups in total. The third kappa shape index (κ3) is 3.42. The Labute approximate surface area is 123 Å². The van der Waals surface area contributed by atoms with Crippen LogP contribution in [-0.4, -0.2) is 17.2 Å². The summed E-state index contributed by atoms with van der Waals surface area (Å²) in [6, 6.07) is 5.11. The maximum Gasteiger partial charge on any atom is 0.0948 e. The number of aliphatic hydroxyl groups excluding tert-OH is 1. The molecule has 0 heterocycles. The molecule has 2 rings (SSSR count). The van der Waals surface area contributed by atoms with E-state index in [1.165, 1.54) is 42.4 Å². The minimum atomic E-state index is -0.402. The lowest BCUT2D eigenvalue weighted by Gasteiger charge is -2.29. The molecule has 0 saturated heterocycles. The molecule has 1 saturated carbocycles. The van der Waals surface area contributed by atoms with Crippen LogP contribution in [0.1, 0.15) is 67.4 Å². The molecule has 1 aliphatic carbocycles. The number of nitrogens with one attached hydrogen (secondary N) is 1. The molecule has 112 valence electrons. The molecular weight excluding hydrogens is 246 g/mol. The Balaban J connectivity index is 2.17. The molecule has 2 heteroatoms. The topological polar surface area (TPSA) is 32.3 Å². The van der Waals surface area contributed by atoms with Gasteiger partial charge in [-0.15, -0.1) is 0 Å². The number of benzene rings is 1. The molecule has 0 bridgehead atoms. The predicted molar refractivity (Wildman–Crippen MR) is 85.1 cm³/mol. The van der Waals surface area contributed by atoms with Gasteiger partial charge in [-0.25, -0.2) is 0 Å². The van der Waals surface area contributed by atoms with E-state index in [1.54, 1.807) is 0 Å². The molecule has 2 unspecified atom stereocenters. The van der Waals surface area contributed by atoms with E-state index in [0.717, 1.165) is 12.0 Å². The fourth-order valence-electron chi connectivity index (χ4n) is 3.69. The van der Waals surface area contributed by atoms with Crippen molar-refractivity contribution >= 4 is 0 Å². The molecule has 0 amide bonds. The summed E-state index contributed by atoms with van der Waals surface area (Å²) >= 11 is 0. The molecule has 2 nitrogen and oxygen atoms in total. The zero-order valence-electron chi connectivity index (χ0n) is 13.4. The fourth-order valence-corrected chi connectivity index (χ4v) is 3.69. The molecule has 1 aromatic rings. The molecule has 0 aliphatic heterocycles. The minimum Gasteiger partial charge on any atom is -0.387 e.